The lowest BCUT2D eigenvalue weighted by Gasteiger charge is -2.25. The van der Waals surface area contributed by atoms with Crippen molar-refractivity contribution < 1.29 is 18.4 Å². The summed E-state index contributed by atoms with van der Waals surface area (Å²) in [7, 11) is 1.55. The number of nitrogens with zero attached hydrogens (tertiary/aromatic N) is 2. The van der Waals surface area contributed by atoms with Crippen LogP contribution in [0.1, 0.15) is 5.56 Å². The number of halogens is 4. The molecule has 8 heteroatoms. The fraction of sp³-hybridized carbons (Fsp3) is 0.417. The van der Waals surface area contributed by atoms with E-state index in [0.717, 1.165) is 10.0 Å². The molecule has 1 atom stereocenters. The number of benzene rings is 1. The maximum Gasteiger partial charge on any atom is 0.400 e. The molecule has 112 valence electrons. The Morgan fingerprint density at radius 2 is 1.95 bits per heavy atom. The van der Waals surface area contributed by atoms with Gasteiger partial charge in [-0.2, -0.15) is 13.2 Å². The van der Waals surface area contributed by atoms with Crippen molar-refractivity contribution in [1.29, 1.82) is 0 Å². The number of amidine groups is 1. The Hall–Kier alpha value is -1.28. The Labute approximate surface area is 123 Å². The van der Waals surface area contributed by atoms with Crippen LogP contribution in [0.2, 0.25) is 0 Å². The van der Waals surface area contributed by atoms with Gasteiger partial charge in [-0.15, -0.1) is 0 Å². The van der Waals surface area contributed by atoms with E-state index in [9.17, 15) is 13.2 Å². The lowest BCUT2D eigenvalue weighted by atomic mass is 10.1. The normalized spacial score (nSPS) is 14.6. The summed E-state index contributed by atoms with van der Waals surface area (Å²) in [5, 5.41) is 10.9. The third kappa shape index (κ3) is 5.01. The van der Waals surface area contributed by atoms with E-state index < -0.39 is 17.9 Å². The predicted octanol–water partition coefficient (Wildman–Crippen LogP) is 2.81. The van der Waals surface area contributed by atoms with Crippen LogP contribution in [0.25, 0.3) is 0 Å². The Balaban J connectivity index is 2.71. The first kappa shape index (κ1) is 16.8. The molecule has 0 amide bonds. The smallest absolute Gasteiger partial charge is 0.400 e. The van der Waals surface area contributed by atoms with Gasteiger partial charge in [0.2, 0.25) is 0 Å². The molecule has 0 spiro atoms. The van der Waals surface area contributed by atoms with Crippen LogP contribution in [0.5, 0.6) is 0 Å². The van der Waals surface area contributed by atoms with Gasteiger partial charge in [-0.3, -0.25) is 0 Å². The Morgan fingerprint density at radius 1 is 1.40 bits per heavy atom. The van der Waals surface area contributed by atoms with Crippen molar-refractivity contribution >= 4 is 21.8 Å². The molecular weight excluding hydrogens is 339 g/mol. The SMILES string of the molecule is CN(Cc1ccc(Br)cc1)CC(/C(N)=N/O)C(F)(F)F. The van der Waals surface area contributed by atoms with Gasteiger partial charge in [-0.1, -0.05) is 33.2 Å². The van der Waals surface area contributed by atoms with E-state index in [-0.39, 0.29) is 6.54 Å². The van der Waals surface area contributed by atoms with Crippen molar-refractivity contribution in [3.63, 3.8) is 0 Å². The molecule has 0 saturated heterocycles. The van der Waals surface area contributed by atoms with E-state index in [4.69, 9.17) is 10.9 Å². The molecule has 1 unspecified atom stereocenters. The zero-order chi connectivity index (χ0) is 15.3. The molecule has 1 aromatic rings. The standard InChI is InChI=1S/C12H15BrF3N3O/c1-19(6-8-2-4-9(13)5-3-8)7-10(11(17)18-20)12(14,15)16/h2-5,10,20H,6-7H2,1H3,(H2,17,18). The van der Waals surface area contributed by atoms with Gasteiger partial charge >= 0.3 is 6.18 Å². The monoisotopic (exact) mass is 353 g/mol. The molecule has 0 saturated carbocycles. The first-order chi connectivity index (χ1) is 9.24. The fourth-order valence-corrected chi connectivity index (χ4v) is 1.98. The van der Waals surface area contributed by atoms with E-state index in [2.05, 4.69) is 21.1 Å². The number of hydrogen-bond acceptors (Lipinski definition) is 3. The van der Waals surface area contributed by atoms with Crippen molar-refractivity contribution in [2.45, 2.75) is 12.7 Å². The second-order valence-electron chi connectivity index (χ2n) is 4.44. The number of hydrogen-bond donors (Lipinski definition) is 2. The number of nitrogens with two attached hydrogens (primary N) is 1. The highest BCUT2D eigenvalue weighted by molar-refractivity contribution is 9.10. The minimum Gasteiger partial charge on any atom is -0.409 e. The number of oxime groups is 1. The Bertz CT molecular complexity index is 462. The summed E-state index contributed by atoms with van der Waals surface area (Å²) < 4.78 is 39.3. The molecule has 0 fully saturated rings. The van der Waals surface area contributed by atoms with Crippen molar-refractivity contribution in [3.05, 3.63) is 34.3 Å². The molecule has 0 aliphatic rings. The molecule has 3 N–H and O–H groups in total. The third-order valence-electron chi connectivity index (χ3n) is 2.73. The summed E-state index contributed by atoms with van der Waals surface area (Å²) in [4.78, 5) is 1.47. The van der Waals surface area contributed by atoms with Gasteiger partial charge in [0, 0.05) is 17.6 Å². The largest absolute Gasteiger partial charge is 0.409 e. The van der Waals surface area contributed by atoms with Gasteiger partial charge in [0.1, 0.15) is 5.92 Å². The van der Waals surface area contributed by atoms with Gasteiger partial charge in [-0.25, -0.2) is 0 Å². The Kier molecular flexibility index (Phi) is 5.82. The first-order valence-corrected chi connectivity index (χ1v) is 6.50. The topological polar surface area (TPSA) is 61.8 Å². The Morgan fingerprint density at radius 3 is 2.40 bits per heavy atom. The molecule has 0 aliphatic heterocycles. The maximum atomic E-state index is 12.8. The van der Waals surface area contributed by atoms with E-state index >= 15 is 0 Å². The van der Waals surface area contributed by atoms with Crippen LogP contribution in [0.3, 0.4) is 0 Å². The minimum absolute atomic E-state index is 0.332. The van der Waals surface area contributed by atoms with Crippen LogP contribution in [-0.2, 0) is 6.54 Å². The number of rotatable bonds is 5. The summed E-state index contributed by atoms with van der Waals surface area (Å²) >= 11 is 3.28. The number of alkyl halides is 3. The van der Waals surface area contributed by atoms with Crippen molar-refractivity contribution in [2.75, 3.05) is 13.6 Å². The van der Waals surface area contributed by atoms with Gasteiger partial charge in [0.25, 0.3) is 0 Å². The quantitative estimate of drug-likeness (QED) is 0.370. The molecular formula is C12H15BrF3N3O. The van der Waals surface area contributed by atoms with Crippen molar-refractivity contribution in [1.82, 2.24) is 4.90 Å². The molecule has 4 nitrogen and oxygen atoms in total. The van der Waals surface area contributed by atoms with Crippen molar-refractivity contribution in [2.24, 2.45) is 16.8 Å². The summed E-state index contributed by atoms with van der Waals surface area (Å²) in [6.45, 7) is -0.0476. The van der Waals surface area contributed by atoms with Gasteiger partial charge in [0.05, 0.1) is 0 Å². The van der Waals surface area contributed by atoms with Crippen LogP contribution < -0.4 is 5.73 Å². The molecule has 0 bridgehead atoms. The average molecular weight is 354 g/mol. The summed E-state index contributed by atoms with van der Waals surface area (Å²) in [6, 6.07) is 7.25. The average Bonchev–Trinajstić information content (AvgIpc) is 2.36. The second kappa shape index (κ2) is 6.94. The van der Waals surface area contributed by atoms with Gasteiger partial charge in [0.15, 0.2) is 5.84 Å². The fourth-order valence-electron chi connectivity index (χ4n) is 1.71. The van der Waals surface area contributed by atoms with E-state index in [0.29, 0.717) is 6.54 Å². The van der Waals surface area contributed by atoms with Crippen LogP contribution in [0.4, 0.5) is 13.2 Å². The zero-order valence-electron chi connectivity index (χ0n) is 10.7. The van der Waals surface area contributed by atoms with E-state index in [1.54, 1.807) is 7.05 Å². The van der Waals surface area contributed by atoms with E-state index in [1.807, 2.05) is 24.3 Å². The van der Waals surface area contributed by atoms with Crippen LogP contribution in [0, 0.1) is 5.92 Å². The molecule has 1 aromatic carbocycles. The van der Waals surface area contributed by atoms with E-state index in [1.165, 1.54) is 4.90 Å². The summed E-state index contributed by atoms with van der Waals surface area (Å²) in [6.07, 6.45) is -4.55. The highest BCUT2D eigenvalue weighted by atomic mass is 79.9. The minimum atomic E-state index is -4.55. The summed E-state index contributed by atoms with van der Waals surface area (Å²) in [5.74, 6) is -2.83. The lowest BCUT2D eigenvalue weighted by Crippen LogP contribution is -2.43. The zero-order valence-corrected chi connectivity index (χ0v) is 12.3. The van der Waals surface area contributed by atoms with Crippen LogP contribution in [0.15, 0.2) is 33.9 Å². The molecule has 0 heterocycles. The van der Waals surface area contributed by atoms with Crippen LogP contribution in [-0.4, -0.2) is 35.7 Å². The highest BCUT2D eigenvalue weighted by Crippen LogP contribution is 2.27. The van der Waals surface area contributed by atoms with Gasteiger partial charge < -0.3 is 15.8 Å². The maximum absolute atomic E-state index is 12.8. The summed E-state index contributed by atoms with van der Waals surface area (Å²) in [5.41, 5.74) is 5.98. The molecule has 20 heavy (non-hydrogen) atoms. The first-order valence-electron chi connectivity index (χ1n) is 5.71. The molecule has 0 aromatic heterocycles. The van der Waals surface area contributed by atoms with Crippen molar-refractivity contribution in [3.8, 4) is 0 Å². The third-order valence-corrected chi connectivity index (χ3v) is 3.26. The van der Waals surface area contributed by atoms with Crippen LogP contribution >= 0.6 is 15.9 Å². The molecule has 0 radical (unpaired) electrons. The molecule has 1 rings (SSSR count). The van der Waals surface area contributed by atoms with Gasteiger partial charge in [-0.05, 0) is 24.7 Å². The second-order valence-corrected chi connectivity index (χ2v) is 5.36. The lowest BCUT2D eigenvalue weighted by molar-refractivity contribution is -0.159. The highest BCUT2D eigenvalue weighted by Gasteiger charge is 2.43. The molecule has 0 aliphatic carbocycles. The predicted molar refractivity (Wildman–Crippen MR) is 73.4 cm³/mol.